The minimum absolute atomic E-state index is 0.182. The van der Waals surface area contributed by atoms with Crippen LogP contribution in [0.2, 0.25) is 10.0 Å². The summed E-state index contributed by atoms with van der Waals surface area (Å²) in [5.41, 5.74) is 4.94. The van der Waals surface area contributed by atoms with Gasteiger partial charge in [-0.15, -0.1) is 0 Å². The number of anilines is 2. The second-order valence-corrected chi connectivity index (χ2v) is 6.85. The van der Waals surface area contributed by atoms with Gasteiger partial charge in [0.2, 0.25) is 0 Å². The van der Waals surface area contributed by atoms with Crippen LogP contribution in [0, 0.1) is 0 Å². The van der Waals surface area contributed by atoms with E-state index in [1.807, 2.05) is 24.3 Å². The van der Waals surface area contributed by atoms with Gasteiger partial charge >= 0.3 is 6.03 Å². The van der Waals surface area contributed by atoms with Crippen LogP contribution in [0.25, 0.3) is 11.1 Å². The van der Waals surface area contributed by atoms with Crippen molar-refractivity contribution in [3.8, 4) is 11.1 Å². The Labute approximate surface area is 161 Å². The Kier molecular flexibility index (Phi) is 4.53. The fourth-order valence-electron chi connectivity index (χ4n) is 3.10. The third kappa shape index (κ3) is 3.26. The largest absolute Gasteiger partial charge is 0.326 e. The van der Waals surface area contributed by atoms with Crippen molar-refractivity contribution >= 4 is 40.6 Å². The van der Waals surface area contributed by atoms with Gasteiger partial charge in [0.25, 0.3) is 0 Å². The SMILES string of the molecule is O=C(Nc1ccc(Cl)c(Cl)c1)N1CCc2cc(-c3ccncc3)ccc21. The number of fused-ring (bicyclic) bond motifs is 1. The number of nitrogens with one attached hydrogen (secondary N) is 1. The molecule has 2 aromatic carbocycles. The topological polar surface area (TPSA) is 45.2 Å². The summed E-state index contributed by atoms with van der Waals surface area (Å²) in [4.78, 5) is 18.5. The van der Waals surface area contributed by atoms with Gasteiger partial charge in [0.05, 0.1) is 10.0 Å². The molecule has 2 heterocycles. The summed E-state index contributed by atoms with van der Waals surface area (Å²) in [6, 6.07) is 15.0. The van der Waals surface area contributed by atoms with Crippen molar-refractivity contribution in [1.82, 2.24) is 4.98 Å². The van der Waals surface area contributed by atoms with Crippen LogP contribution in [0.4, 0.5) is 16.2 Å². The molecular formula is C20H15Cl2N3O. The quantitative estimate of drug-likeness (QED) is 0.621. The van der Waals surface area contributed by atoms with E-state index in [0.29, 0.717) is 22.3 Å². The number of amides is 2. The molecule has 2 amide bonds. The van der Waals surface area contributed by atoms with Gasteiger partial charge in [0.1, 0.15) is 0 Å². The van der Waals surface area contributed by atoms with E-state index < -0.39 is 0 Å². The summed E-state index contributed by atoms with van der Waals surface area (Å²) >= 11 is 11.9. The maximum absolute atomic E-state index is 12.7. The zero-order valence-electron chi connectivity index (χ0n) is 13.7. The first-order chi connectivity index (χ1) is 12.6. The fraction of sp³-hybridized carbons (Fsp3) is 0.100. The van der Waals surface area contributed by atoms with E-state index in [-0.39, 0.29) is 6.03 Å². The van der Waals surface area contributed by atoms with Crippen molar-refractivity contribution in [3.05, 3.63) is 76.5 Å². The number of hydrogen-bond donors (Lipinski definition) is 1. The molecule has 1 aliphatic heterocycles. The highest BCUT2D eigenvalue weighted by molar-refractivity contribution is 6.42. The smallest absolute Gasteiger partial charge is 0.307 e. The predicted molar refractivity (Wildman–Crippen MR) is 106 cm³/mol. The van der Waals surface area contributed by atoms with E-state index in [2.05, 4.69) is 16.4 Å². The number of aromatic nitrogens is 1. The second-order valence-electron chi connectivity index (χ2n) is 6.04. The van der Waals surface area contributed by atoms with Gasteiger partial charge in [-0.25, -0.2) is 4.79 Å². The highest BCUT2D eigenvalue weighted by Crippen LogP contribution is 2.33. The maximum atomic E-state index is 12.7. The number of halogens is 2. The Morgan fingerprint density at radius 2 is 1.77 bits per heavy atom. The zero-order valence-corrected chi connectivity index (χ0v) is 15.3. The van der Waals surface area contributed by atoms with Crippen LogP contribution in [0.1, 0.15) is 5.56 Å². The van der Waals surface area contributed by atoms with Crippen LogP contribution < -0.4 is 10.2 Å². The van der Waals surface area contributed by atoms with E-state index >= 15 is 0 Å². The molecule has 1 N–H and O–H groups in total. The van der Waals surface area contributed by atoms with Crippen molar-refractivity contribution < 1.29 is 4.79 Å². The Morgan fingerprint density at radius 1 is 0.962 bits per heavy atom. The van der Waals surface area contributed by atoms with Crippen molar-refractivity contribution in [2.45, 2.75) is 6.42 Å². The lowest BCUT2D eigenvalue weighted by Crippen LogP contribution is -2.33. The molecule has 4 rings (SSSR count). The number of urea groups is 1. The number of carbonyl (C=O) groups excluding carboxylic acids is 1. The second kappa shape index (κ2) is 6.98. The molecule has 0 unspecified atom stereocenters. The summed E-state index contributed by atoms with van der Waals surface area (Å²) in [6.07, 6.45) is 4.38. The standard InChI is InChI=1S/C20H15Cl2N3O/c21-17-3-2-16(12-18(17)22)24-20(26)25-10-7-15-11-14(1-4-19(15)25)13-5-8-23-9-6-13/h1-6,8-9,11-12H,7,10H2,(H,24,26). The van der Waals surface area contributed by atoms with E-state index in [9.17, 15) is 4.79 Å². The van der Waals surface area contributed by atoms with Crippen LogP contribution in [0.3, 0.4) is 0 Å². The van der Waals surface area contributed by atoms with Gasteiger partial charge in [-0.05, 0) is 65.6 Å². The molecule has 6 heteroatoms. The van der Waals surface area contributed by atoms with Crippen LogP contribution in [0.5, 0.6) is 0 Å². The van der Waals surface area contributed by atoms with Gasteiger partial charge in [-0.1, -0.05) is 29.3 Å². The van der Waals surface area contributed by atoms with E-state index in [4.69, 9.17) is 23.2 Å². The van der Waals surface area contributed by atoms with E-state index in [1.54, 1.807) is 35.5 Å². The normalized spacial score (nSPS) is 12.8. The number of pyridine rings is 1. The third-order valence-electron chi connectivity index (χ3n) is 4.40. The van der Waals surface area contributed by atoms with Crippen molar-refractivity contribution in [2.75, 3.05) is 16.8 Å². The Bertz CT molecular complexity index is 976. The fourth-order valence-corrected chi connectivity index (χ4v) is 3.40. The number of benzene rings is 2. The Balaban J connectivity index is 1.55. The van der Waals surface area contributed by atoms with Crippen LogP contribution >= 0.6 is 23.2 Å². The highest BCUT2D eigenvalue weighted by atomic mass is 35.5. The number of rotatable bonds is 2. The Morgan fingerprint density at radius 3 is 2.54 bits per heavy atom. The molecule has 1 aliphatic rings. The van der Waals surface area contributed by atoms with Gasteiger partial charge in [-0.2, -0.15) is 0 Å². The van der Waals surface area contributed by atoms with Gasteiger partial charge < -0.3 is 5.32 Å². The average molecular weight is 384 g/mol. The van der Waals surface area contributed by atoms with Crippen LogP contribution in [0.15, 0.2) is 60.9 Å². The van der Waals surface area contributed by atoms with E-state index in [0.717, 1.165) is 28.8 Å². The summed E-state index contributed by atoms with van der Waals surface area (Å²) in [5.74, 6) is 0. The molecule has 1 aromatic heterocycles. The molecule has 0 spiro atoms. The summed E-state index contributed by atoms with van der Waals surface area (Å²) < 4.78 is 0. The van der Waals surface area contributed by atoms with Gasteiger partial charge in [-0.3, -0.25) is 9.88 Å². The molecule has 0 fully saturated rings. The van der Waals surface area contributed by atoms with Crippen LogP contribution in [-0.4, -0.2) is 17.6 Å². The lowest BCUT2D eigenvalue weighted by molar-refractivity contribution is 0.257. The van der Waals surface area contributed by atoms with Crippen LogP contribution in [-0.2, 0) is 6.42 Å². The lowest BCUT2D eigenvalue weighted by atomic mass is 10.0. The van der Waals surface area contributed by atoms with Gasteiger partial charge in [0.15, 0.2) is 0 Å². The zero-order chi connectivity index (χ0) is 18.1. The molecule has 3 aromatic rings. The van der Waals surface area contributed by atoms with Crippen molar-refractivity contribution in [2.24, 2.45) is 0 Å². The lowest BCUT2D eigenvalue weighted by Gasteiger charge is -2.18. The summed E-state index contributed by atoms with van der Waals surface area (Å²) in [7, 11) is 0. The minimum atomic E-state index is -0.182. The number of hydrogen-bond acceptors (Lipinski definition) is 2. The molecule has 0 saturated heterocycles. The predicted octanol–water partition coefficient (Wildman–Crippen LogP) is 5.65. The molecule has 26 heavy (non-hydrogen) atoms. The molecular weight excluding hydrogens is 369 g/mol. The summed E-state index contributed by atoms with van der Waals surface area (Å²) in [6.45, 7) is 0.641. The molecule has 0 saturated carbocycles. The minimum Gasteiger partial charge on any atom is -0.307 e. The number of nitrogens with zero attached hydrogens (tertiary/aromatic N) is 2. The van der Waals surface area contributed by atoms with E-state index in [1.165, 1.54) is 0 Å². The summed E-state index contributed by atoms with van der Waals surface area (Å²) in [5, 5.41) is 3.74. The first kappa shape index (κ1) is 16.9. The number of carbonyl (C=O) groups is 1. The monoisotopic (exact) mass is 383 g/mol. The van der Waals surface area contributed by atoms with Gasteiger partial charge in [0, 0.05) is 30.3 Å². The third-order valence-corrected chi connectivity index (χ3v) is 5.14. The molecule has 4 nitrogen and oxygen atoms in total. The molecule has 0 radical (unpaired) electrons. The van der Waals surface area contributed by atoms with Crippen molar-refractivity contribution in [3.63, 3.8) is 0 Å². The highest BCUT2D eigenvalue weighted by Gasteiger charge is 2.25. The molecule has 130 valence electrons. The van der Waals surface area contributed by atoms with Crippen molar-refractivity contribution in [1.29, 1.82) is 0 Å². The maximum Gasteiger partial charge on any atom is 0.326 e. The average Bonchev–Trinajstić information content (AvgIpc) is 3.09. The first-order valence-corrected chi connectivity index (χ1v) is 8.94. The molecule has 0 bridgehead atoms. The molecule has 0 atom stereocenters. The molecule has 0 aliphatic carbocycles. The Hall–Kier alpha value is -2.56. The first-order valence-electron chi connectivity index (χ1n) is 8.19.